The second-order valence-electron chi connectivity index (χ2n) is 15.3. The van der Waals surface area contributed by atoms with Gasteiger partial charge in [-0.3, -0.25) is 0 Å². The van der Waals surface area contributed by atoms with Crippen molar-refractivity contribution < 1.29 is 4.55 Å². The molecular formula is C56H38N6OS. The predicted molar refractivity (Wildman–Crippen MR) is 262 cm³/mol. The van der Waals surface area contributed by atoms with Crippen LogP contribution in [0.15, 0.2) is 231 Å². The molecule has 0 aliphatic rings. The maximum atomic E-state index is 14.4. The summed E-state index contributed by atoms with van der Waals surface area (Å²) in [7, 11) is -1.41. The molecule has 304 valence electrons. The zero-order valence-electron chi connectivity index (χ0n) is 34.4. The quantitative estimate of drug-likeness (QED) is 0.127. The van der Waals surface area contributed by atoms with Crippen molar-refractivity contribution in [1.82, 2.24) is 19.9 Å². The summed E-state index contributed by atoms with van der Waals surface area (Å²) in [6, 6.07) is 77.4. The minimum Gasteiger partial charge on any atom is -0.590 e. The van der Waals surface area contributed by atoms with Gasteiger partial charge in [0.1, 0.15) is 0 Å². The highest BCUT2D eigenvalue weighted by molar-refractivity contribution is 7.37. The second-order valence-corrected chi connectivity index (χ2v) is 16.7. The number of benzene rings is 8. The highest BCUT2D eigenvalue weighted by atomic mass is 32.2. The fraction of sp³-hybridized carbons (Fsp3) is 0. The number of nitrogens with zero attached hydrogens (tertiary/aromatic N) is 6. The van der Waals surface area contributed by atoms with E-state index in [4.69, 9.17) is 19.9 Å². The minimum atomic E-state index is -1.41. The molecule has 0 N–H and O–H groups in total. The lowest BCUT2D eigenvalue weighted by atomic mass is 10.1. The van der Waals surface area contributed by atoms with Crippen molar-refractivity contribution in [2.75, 3.05) is 9.80 Å². The molecule has 3 aromatic heterocycles. The third kappa shape index (κ3) is 7.43. The van der Waals surface area contributed by atoms with Gasteiger partial charge in [-0.05, 0) is 71.4 Å². The standard InChI is InChI=1S/C56H38N6OS/c63-64-53-33-31-45(61(43-27-15-5-16-28-43)44-29-17-6-18-30-44)35-47(53)48-36-46(32-34-54(48)64)62(55-57-49(39-19-7-1-8-20-39)37-50(58-55)40-21-9-2-10-22-40)56-59-51(41-23-11-3-12-24-41)38-52(60-56)42-25-13-4-14-26-42/h1-38H. The van der Waals surface area contributed by atoms with Crippen LogP contribution in [-0.4, -0.2) is 24.5 Å². The van der Waals surface area contributed by atoms with Crippen molar-refractivity contribution in [3.8, 4) is 45.0 Å². The first kappa shape index (κ1) is 38.6. The first-order chi connectivity index (χ1) is 31.6. The highest BCUT2D eigenvalue weighted by Gasteiger charge is 2.26. The molecule has 0 radical (unpaired) electrons. The van der Waals surface area contributed by atoms with Gasteiger partial charge >= 0.3 is 0 Å². The van der Waals surface area contributed by atoms with Crippen molar-refractivity contribution in [2.45, 2.75) is 0 Å². The molecule has 1 unspecified atom stereocenters. The molecule has 0 spiro atoms. The monoisotopic (exact) mass is 842 g/mol. The van der Waals surface area contributed by atoms with Gasteiger partial charge in [0, 0.05) is 62.2 Å². The Morgan fingerprint density at radius 2 is 0.594 bits per heavy atom. The minimum absolute atomic E-state index is 0.386. The maximum Gasteiger partial charge on any atom is 0.238 e. The molecule has 11 aromatic rings. The molecule has 7 nitrogen and oxygen atoms in total. The molecule has 0 bridgehead atoms. The van der Waals surface area contributed by atoms with Gasteiger partial charge in [-0.2, -0.15) is 0 Å². The van der Waals surface area contributed by atoms with Crippen LogP contribution in [0, 0.1) is 0 Å². The molecule has 64 heavy (non-hydrogen) atoms. The molecule has 1 atom stereocenters. The van der Waals surface area contributed by atoms with E-state index in [9.17, 15) is 4.55 Å². The van der Waals surface area contributed by atoms with E-state index in [1.807, 2.05) is 144 Å². The zero-order chi connectivity index (χ0) is 42.8. The van der Waals surface area contributed by atoms with Crippen LogP contribution in [0.25, 0.3) is 65.2 Å². The molecule has 8 aromatic carbocycles. The number of anilines is 6. The average molecular weight is 843 g/mol. The fourth-order valence-corrected chi connectivity index (χ4v) is 9.55. The third-order valence-corrected chi connectivity index (χ3v) is 12.8. The van der Waals surface area contributed by atoms with E-state index in [0.29, 0.717) is 17.6 Å². The van der Waals surface area contributed by atoms with Crippen LogP contribution < -0.4 is 9.80 Å². The van der Waals surface area contributed by atoms with E-state index in [2.05, 4.69) is 95.9 Å². The summed E-state index contributed by atoms with van der Waals surface area (Å²) in [6.07, 6.45) is 0. The normalized spacial score (nSPS) is 11.5. The molecule has 0 amide bonds. The molecule has 0 saturated carbocycles. The van der Waals surface area contributed by atoms with Gasteiger partial charge in [-0.1, -0.05) is 158 Å². The van der Waals surface area contributed by atoms with Gasteiger partial charge < -0.3 is 9.45 Å². The number of thiophene rings is 1. The summed E-state index contributed by atoms with van der Waals surface area (Å²) in [5, 5.41) is 1.74. The van der Waals surface area contributed by atoms with E-state index < -0.39 is 10.8 Å². The van der Waals surface area contributed by atoms with Gasteiger partial charge in [0.15, 0.2) is 9.40 Å². The molecule has 11 rings (SSSR count). The largest absolute Gasteiger partial charge is 0.590 e. The average Bonchev–Trinajstić information content (AvgIpc) is 3.65. The van der Waals surface area contributed by atoms with Crippen molar-refractivity contribution in [1.29, 1.82) is 0 Å². The summed E-state index contributed by atoms with van der Waals surface area (Å²) in [6.45, 7) is 0. The fourth-order valence-electron chi connectivity index (χ4n) is 8.19. The van der Waals surface area contributed by atoms with Crippen LogP contribution in [0.2, 0.25) is 0 Å². The van der Waals surface area contributed by atoms with Gasteiger partial charge in [-0.15, -0.1) is 0 Å². The molecule has 3 heterocycles. The SMILES string of the molecule is [O-][s+]1c2ccc(N(c3ccccc3)c3ccccc3)cc2c2cc(N(c3nc(-c4ccccc4)cc(-c4ccccc4)n3)c3nc(-c4ccccc4)cc(-c4ccccc4)n3)ccc21. The smallest absolute Gasteiger partial charge is 0.238 e. The Balaban J connectivity index is 1.17. The summed E-state index contributed by atoms with van der Waals surface area (Å²) >= 11 is 0. The first-order valence-corrected chi connectivity index (χ1v) is 22.2. The molecule has 0 fully saturated rings. The first-order valence-electron chi connectivity index (χ1n) is 21.1. The van der Waals surface area contributed by atoms with E-state index in [0.717, 1.165) is 82.3 Å². The van der Waals surface area contributed by atoms with E-state index in [1.165, 1.54) is 0 Å². The van der Waals surface area contributed by atoms with Crippen molar-refractivity contribution >= 4 is 65.6 Å². The third-order valence-electron chi connectivity index (χ3n) is 11.3. The van der Waals surface area contributed by atoms with E-state index in [-0.39, 0.29) is 0 Å². The van der Waals surface area contributed by atoms with Crippen molar-refractivity contribution in [3.63, 3.8) is 0 Å². The van der Waals surface area contributed by atoms with Gasteiger partial charge in [0.05, 0.1) is 28.5 Å². The number of hydrogen-bond donors (Lipinski definition) is 0. The number of para-hydroxylation sites is 2. The summed E-state index contributed by atoms with van der Waals surface area (Å²) in [5.74, 6) is 0.772. The molecule has 0 aliphatic carbocycles. The summed E-state index contributed by atoms with van der Waals surface area (Å²) in [4.78, 5) is 25.4. The Labute approximate surface area is 373 Å². The lowest BCUT2D eigenvalue weighted by molar-refractivity contribution is 0.602. The summed E-state index contributed by atoms with van der Waals surface area (Å²) in [5.41, 5.74) is 10.5. The maximum absolute atomic E-state index is 14.4. The Morgan fingerprint density at radius 1 is 0.297 bits per heavy atom. The van der Waals surface area contributed by atoms with Gasteiger partial charge in [0.25, 0.3) is 0 Å². The topological polar surface area (TPSA) is 81.1 Å². The van der Waals surface area contributed by atoms with E-state index >= 15 is 0 Å². The van der Waals surface area contributed by atoms with Crippen LogP contribution >= 0.6 is 10.8 Å². The number of aromatic nitrogens is 4. The van der Waals surface area contributed by atoms with Crippen LogP contribution in [0.3, 0.4) is 0 Å². The van der Waals surface area contributed by atoms with Crippen LogP contribution in [0.4, 0.5) is 34.6 Å². The Morgan fingerprint density at radius 3 is 0.922 bits per heavy atom. The molecule has 8 heteroatoms. The van der Waals surface area contributed by atoms with Gasteiger partial charge in [0.2, 0.25) is 11.9 Å². The highest BCUT2D eigenvalue weighted by Crippen LogP contribution is 2.46. The Kier molecular flexibility index (Phi) is 10.2. The number of hydrogen-bond acceptors (Lipinski definition) is 7. The van der Waals surface area contributed by atoms with Crippen molar-refractivity contribution in [2.24, 2.45) is 0 Å². The Hall–Kier alpha value is -8.30. The van der Waals surface area contributed by atoms with Crippen LogP contribution in [0.1, 0.15) is 0 Å². The zero-order valence-corrected chi connectivity index (χ0v) is 35.3. The number of fused-ring (bicyclic) bond motifs is 3. The lowest BCUT2D eigenvalue weighted by Gasteiger charge is -2.25. The van der Waals surface area contributed by atoms with E-state index in [1.54, 1.807) is 0 Å². The lowest BCUT2D eigenvalue weighted by Crippen LogP contribution is -2.17. The second kappa shape index (κ2) is 16.9. The summed E-state index contributed by atoms with van der Waals surface area (Å²) < 4.78 is 15.9. The van der Waals surface area contributed by atoms with Gasteiger partial charge in [-0.25, -0.2) is 24.8 Å². The predicted octanol–water partition coefficient (Wildman–Crippen LogP) is 14.9. The van der Waals surface area contributed by atoms with Crippen LogP contribution in [-0.2, 0) is 0 Å². The molecular weight excluding hydrogens is 805 g/mol. The van der Waals surface area contributed by atoms with Crippen LogP contribution in [0.5, 0.6) is 0 Å². The molecule has 0 saturated heterocycles. The molecule has 0 aliphatic heterocycles. The number of rotatable bonds is 10. The van der Waals surface area contributed by atoms with Crippen molar-refractivity contribution in [3.05, 3.63) is 231 Å². The Bertz CT molecular complexity index is 3110.